The van der Waals surface area contributed by atoms with E-state index in [0.29, 0.717) is 42.1 Å². The summed E-state index contributed by atoms with van der Waals surface area (Å²) in [7, 11) is -3.91. The van der Waals surface area contributed by atoms with Gasteiger partial charge in [-0.25, -0.2) is 8.42 Å². The summed E-state index contributed by atoms with van der Waals surface area (Å²) in [5.41, 5.74) is 7.12. The van der Waals surface area contributed by atoms with Gasteiger partial charge in [0.05, 0.1) is 22.2 Å². The molecule has 1 amide bonds. The van der Waals surface area contributed by atoms with Crippen molar-refractivity contribution in [2.45, 2.75) is 43.6 Å². The number of hydrogen-bond acceptors (Lipinski definition) is 6. The molecule has 3 N–H and O–H groups in total. The van der Waals surface area contributed by atoms with E-state index in [1.54, 1.807) is 32.2 Å². The molecule has 0 saturated carbocycles. The largest absolute Gasteiger partial charge is 0.507 e. The van der Waals surface area contributed by atoms with Gasteiger partial charge in [0.2, 0.25) is 5.91 Å². The number of rotatable bonds is 4. The molecule has 0 aromatic heterocycles. The first kappa shape index (κ1) is 23.2. The number of benzene rings is 2. The van der Waals surface area contributed by atoms with E-state index in [1.165, 1.54) is 16.4 Å². The zero-order chi connectivity index (χ0) is 25.0. The fourth-order valence-corrected chi connectivity index (χ4v) is 6.43. The number of para-hydroxylation sites is 1. The maximum atomic E-state index is 13.8. The van der Waals surface area contributed by atoms with Crippen LogP contribution in [-0.2, 0) is 21.2 Å². The Morgan fingerprint density at radius 3 is 2.77 bits per heavy atom. The van der Waals surface area contributed by atoms with E-state index in [9.17, 15) is 18.3 Å². The number of amides is 1. The normalized spacial score (nSPS) is 21.0. The average molecular weight is 494 g/mol. The summed E-state index contributed by atoms with van der Waals surface area (Å²) >= 11 is 0. The minimum absolute atomic E-state index is 0.0594. The van der Waals surface area contributed by atoms with E-state index in [1.807, 2.05) is 24.3 Å². The van der Waals surface area contributed by atoms with Crippen molar-refractivity contribution in [3.05, 3.63) is 71.6 Å². The van der Waals surface area contributed by atoms with E-state index >= 15 is 0 Å². The van der Waals surface area contributed by atoms with Crippen LogP contribution >= 0.6 is 0 Å². The predicted molar refractivity (Wildman–Crippen MR) is 134 cm³/mol. The Bertz CT molecular complexity index is 1420. The summed E-state index contributed by atoms with van der Waals surface area (Å²) in [5.74, 6) is -1.08. The minimum Gasteiger partial charge on any atom is -0.507 e. The molecule has 3 heterocycles. The number of nitrogens with zero attached hydrogens (tertiary/aromatic N) is 2. The zero-order valence-corrected chi connectivity index (χ0v) is 20.4. The lowest BCUT2D eigenvalue weighted by molar-refractivity contribution is -0.119. The lowest BCUT2D eigenvalue weighted by atomic mass is 9.83. The number of sulfonamides is 1. The van der Waals surface area contributed by atoms with E-state index < -0.39 is 27.4 Å². The van der Waals surface area contributed by atoms with Gasteiger partial charge in [0.25, 0.3) is 10.0 Å². The third-order valence-corrected chi connectivity index (χ3v) is 8.48. The lowest BCUT2D eigenvalue weighted by Crippen LogP contribution is -2.39. The number of ether oxygens (including phenoxy) is 1. The molecule has 2 aromatic rings. The Morgan fingerprint density at radius 2 is 2.00 bits per heavy atom. The number of aliphatic hydroxyl groups is 1. The Hall–Kier alpha value is -3.59. The van der Waals surface area contributed by atoms with Gasteiger partial charge in [-0.05, 0) is 62.9 Å². The average Bonchev–Trinajstić information content (AvgIpc) is 2.84. The number of anilines is 1. The molecule has 8 nitrogen and oxygen atoms in total. The maximum Gasteiger partial charge on any atom is 0.264 e. The van der Waals surface area contributed by atoms with Gasteiger partial charge in [0.1, 0.15) is 11.5 Å². The summed E-state index contributed by atoms with van der Waals surface area (Å²) in [6, 6.07) is 12.1. The predicted octanol–water partition coefficient (Wildman–Crippen LogP) is 3.73. The lowest BCUT2D eigenvalue weighted by Gasteiger charge is -2.36. The summed E-state index contributed by atoms with van der Waals surface area (Å²) < 4.78 is 35.0. The van der Waals surface area contributed by atoms with Gasteiger partial charge >= 0.3 is 0 Å². The van der Waals surface area contributed by atoms with Crippen molar-refractivity contribution in [1.82, 2.24) is 0 Å². The molecule has 5 rings (SSSR count). The van der Waals surface area contributed by atoms with Gasteiger partial charge in [-0.1, -0.05) is 24.3 Å². The van der Waals surface area contributed by atoms with Crippen LogP contribution in [0.3, 0.4) is 0 Å². The monoisotopic (exact) mass is 493 g/mol. The fourth-order valence-electron chi connectivity index (χ4n) is 4.86. The van der Waals surface area contributed by atoms with Crippen molar-refractivity contribution in [3.63, 3.8) is 0 Å². The molecule has 2 aromatic carbocycles. The van der Waals surface area contributed by atoms with Crippen LogP contribution in [0.2, 0.25) is 0 Å². The first-order chi connectivity index (χ1) is 16.6. The molecule has 1 unspecified atom stereocenters. The topological polar surface area (TPSA) is 122 Å². The zero-order valence-electron chi connectivity index (χ0n) is 19.6. The highest BCUT2D eigenvalue weighted by atomic mass is 32.2. The van der Waals surface area contributed by atoms with Gasteiger partial charge in [-0.2, -0.15) is 0 Å². The molecular formula is C26H27N3O5S. The van der Waals surface area contributed by atoms with Gasteiger partial charge < -0.3 is 15.6 Å². The number of aliphatic imine (C=N–C) groups is 1. The first-order valence-corrected chi connectivity index (χ1v) is 13.0. The number of allylic oxidation sites excluding steroid dienone is 2. The van der Waals surface area contributed by atoms with Crippen LogP contribution < -0.4 is 14.8 Å². The highest BCUT2D eigenvalue weighted by molar-refractivity contribution is 7.92. The van der Waals surface area contributed by atoms with Crippen LogP contribution in [-0.4, -0.2) is 37.3 Å². The number of carbonyl (C=O) groups excluding carboxylic acids is 1. The number of nitrogens with two attached hydrogens (primary N) is 1. The highest BCUT2D eigenvalue weighted by Crippen LogP contribution is 2.44. The number of carbonyl (C=O) groups is 1. The summed E-state index contributed by atoms with van der Waals surface area (Å²) in [6.45, 7) is 3.76. The second-order valence-corrected chi connectivity index (χ2v) is 11.3. The Morgan fingerprint density at radius 1 is 1.23 bits per heavy atom. The first-order valence-electron chi connectivity index (χ1n) is 11.5. The van der Waals surface area contributed by atoms with Crippen molar-refractivity contribution >= 4 is 32.9 Å². The molecule has 9 heteroatoms. The summed E-state index contributed by atoms with van der Waals surface area (Å²) in [5, 5.41) is 11.2. The SMILES string of the molecule is CC1(C)Oc2ccc(S(=O)(=O)N3CCCc4ccccc43)cc2C(C2=NC=CCC2C(N)=O)=C1O. The van der Waals surface area contributed by atoms with E-state index in [4.69, 9.17) is 10.5 Å². The molecule has 35 heavy (non-hydrogen) atoms. The standard InChI is InChI=1S/C26H27N3O5S/c1-26(2)24(30)22(23-18(25(27)31)9-5-13-28-23)19-15-17(11-12-21(19)34-26)35(32,33)29-14-6-8-16-7-3-4-10-20(16)29/h3-5,7,10-13,15,18,30H,6,8-9,14H2,1-2H3,(H2,27,31). The van der Waals surface area contributed by atoms with E-state index in [0.717, 1.165) is 12.0 Å². The molecule has 3 aliphatic heterocycles. The number of aliphatic hydroxyl groups excluding tert-OH is 1. The number of aryl methyl sites for hydroxylation is 1. The summed E-state index contributed by atoms with van der Waals surface area (Å²) in [4.78, 5) is 16.6. The molecule has 0 aliphatic carbocycles. The van der Waals surface area contributed by atoms with Crippen LogP contribution in [0.1, 0.15) is 37.8 Å². The third kappa shape index (κ3) is 3.80. The molecule has 0 radical (unpaired) electrons. The molecule has 0 fully saturated rings. The van der Waals surface area contributed by atoms with Crippen molar-refractivity contribution in [3.8, 4) is 5.75 Å². The van der Waals surface area contributed by atoms with Gasteiger partial charge in [-0.15, -0.1) is 0 Å². The van der Waals surface area contributed by atoms with E-state index in [2.05, 4.69) is 4.99 Å². The quantitative estimate of drug-likeness (QED) is 0.672. The number of hydrogen-bond donors (Lipinski definition) is 2. The molecule has 182 valence electrons. The summed E-state index contributed by atoms with van der Waals surface area (Å²) in [6.07, 6.45) is 5.16. The Labute approximate surface area is 204 Å². The van der Waals surface area contributed by atoms with Gasteiger partial charge in [0.15, 0.2) is 5.60 Å². The van der Waals surface area contributed by atoms with Crippen LogP contribution in [0, 0.1) is 5.92 Å². The maximum absolute atomic E-state index is 13.8. The smallest absolute Gasteiger partial charge is 0.264 e. The minimum atomic E-state index is -3.91. The second-order valence-electron chi connectivity index (χ2n) is 9.39. The fraction of sp³-hybridized carbons (Fsp3) is 0.308. The highest BCUT2D eigenvalue weighted by Gasteiger charge is 2.41. The third-order valence-electron chi connectivity index (χ3n) is 6.67. The van der Waals surface area contributed by atoms with Crippen molar-refractivity contribution in [2.24, 2.45) is 16.6 Å². The van der Waals surface area contributed by atoms with Crippen molar-refractivity contribution in [1.29, 1.82) is 0 Å². The number of fused-ring (bicyclic) bond motifs is 2. The van der Waals surface area contributed by atoms with Crippen LogP contribution in [0.4, 0.5) is 5.69 Å². The van der Waals surface area contributed by atoms with Gasteiger partial charge in [0, 0.05) is 23.9 Å². The molecule has 1 atom stereocenters. The van der Waals surface area contributed by atoms with E-state index in [-0.39, 0.29) is 16.2 Å². The van der Waals surface area contributed by atoms with Crippen LogP contribution in [0.25, 0.3) is 5.57 Å². The van der Waals surface area contributed by atoms with Crippen LogP contribution in [0.15, 0.2) is 70.4 Å². The molecule has 0 spiro atoms. The molecular weight excluding hydrogens is 466 g/mol. The van der Waals surface area contributed by atoms with Gasteiger partial charge in [-0.3, -0.25) is 14.1 Å². The van der Waals surface area contributed by atoms with Crippen molar-refractivity contribution in [2.75, 3.05) is 10.8 Å². The number of primary amides is 1. The molecule has 0 bridgehead atoms. The Kier molecular flexibility index (Phi) is 5.47. The second kappa shape index (κ2) is 8.27. The van der Waals surface area contributed by atoms with Crippen molar-refractivity contribution < 1.29 is 23.1 Å². The Balaban J connectivity index is 1.66. The van der Waals surface area contributed by atoms with Crippen LogP contribution in [0.5, 0.6) is 5.75 Å². The molecule has 0 saturated heterocycles. The molecule has 3 aliphatic rings.